The van der Waals surface area contributed by atoms with Crippen molar-refractivity contribution in [2.24, 2.45) is 5.73 Å². The molecule has 0 bridgehead atoms. The summed E-state index contributed by atoms with van der Waals surface area (Å²) < 4.78 is 0. The molecule has 3 heteroatoms. The van der Waals surface area contributed by atoms with Gasteiger partial charge in [0, 0.05) is 5.54 Å². The zero-order valence-corrected chi connectivity index (χ0v) is 22.5. The molecule has 0 aliphatic carbocycles. The van der Waals surface area contributed by atoms with Crippen LogP contribution in [0.25, 0.3) is 0 Å². The molecule has 0 aromatic heterocycles. The Morgan fingerprint density at radius 2 is 0.741 bits per heavy atom. The third kappa shape index (κ3) is 10.6. The first-order valence-corrected chi connectivity index (χ1v) is 13.4. The van der Waals surface area contributed by atoms with Gasteiger partial charge in [0.2, 0.25) is 0 Å². The van der Waals surface area contributed by atoms with E-state index in [9.17, 15) is 0 Å². The molecule has 0 unspecified atom stereocenters. The lowest BCUT2D eigenvalue weighted by Gasteiger charge is -2.41. The van der Waals surface area contributed by atoms with Crippen LogP contribution in [-0.2, 0) is 0 Å². The molecule has 0 fully saturated rings. The highest BCUT2D eigenvalue weighted by atomic mass is 31.1. The number of rotatable bonds is 6. The van der Waals surface area contributed by atoms with E-state index >= 15 is 0 Å². The molecule has 0 spiro atoms. The summed E-state index contributed by atoms with van der Waals surface area (Å²) in [7, 11) is -0.226. The van der Waals surface area contributed by atoms with Gasteiger partial charge in [-0.05, 0) is 39.9 Å². The summed E-state index contributed by atoms with van der Waals surface area (Å²) in [6, 6.07) is 0. The highest BCUT2D eigenvalue weighted by Gasteiger charge is 2.34. The van der Waals surface area contributed by atoms with Crippen molar-refractivity contribution in [3.8, 4) is 0 Å². The summed E-state index contributed by atoms with van der Waals surface area (Å²) >= 11 is 0. The van der Waals surface area contributed by atoms with Crippen LogP contribution in [-0.4, -0.2) is 38.5 Å². The maximum atomic E-state index is 6.57. The van der Waals surface area contributed by atoms with E-state index in [1.807, 2.05) is 0 Å². The normalized spacial score (nSPS) is 17.5. The highest BCUT2D eigenvalue weighted by Crippen LogP contribution is 2.60. The first-order chi connectivity index (χ1) is 11.7. The highest BCUT2D eigenvalue weighted by molar-refractivity contribution is 7.61. The Morgan fingerprint density at radius 1 is 0.519 bits per heavy atom. The van der Waals surface area contributed by atoms with Crippen molar-refractivity contribution >= 4 is 15.8 Å². The maximum absolute atomic E-state index is 6.57. The van der Waals surface area contributed by atoms with E-state index in [4.69, 9.17) is 5.73 Å². The number of allylic oxidation sites excluding steroid dienone is 2. The molecular formula is C24H49NP2. The van der Waals surface area contributed by atoms with Gasteiger partial charge in [0.1, 0.15) is 0 Å². The molecule has 0 aromatic rings. The molecule has 0 aliphatic rings. The zero-order valence-electron chi connectivity index (χ0n) is 20.7. The first-order valence-electron chi connectivity index (χ1n) is 10.4. The van der Waals surface area contributed by atoms with Crippen molar-refractivity contribution in [1.82, 2.24) is 0 Å². The van der Waals surface area contributed by atoms with Crippen LogP contribution in [0.15, 0.2) is 24.3 Å². The lowest BCUT2D eigenvalue weighted by atomic mass is 10.0. The predicted octanol–water partition coefficient (Wildman–Crippen LogP) is 7.97. The second-order valence-corrected chi connectivity index (χ2v) is 19.9. The molecule has 0 aromatic carbocycles. The van der Waals surface area contributed by atoms with Gasteiger partial charge in [-0.2, -0.15) is 0 Å². The van der Waals surface area contributed by atoms with Gasteiger partial charge in [0.05, 0.1) is 0 Å². The quantitative estimate of drug-likeness (QED) is 0.347. The summed E-state index contributed by atoms with van der Waals surface area (Å²) in [5, 5.41) is 1.42. The third-order valence-corrected chi connectivity index (χ3v) is 12.4. The number of hydrogen-bond acceptors (Lipinski definition) is 1. The van der Waals surface area contributed by atoms with Gasteiger partial charge >= 0.3 is 0 Å². The van der Waals surface area contributed by atoms with Crippen LogP contribution in [0.4, 0.5) is 0 Å². The molecule has 0 radical (unpaired) electrons. The Bertz CT molecular complexity index is 428. The van der Waals surface area contributed by atoms with Gasteiger partial charge in [-0.25, -0.2) is 0 Å². The van der Waals surface area contributed by atoms with Crippen LogP contribution < -0.4 is 5.73 Å². The standard InChI is InChI=1S/C24H49NP2/c1-20(2,3)26(21(4,5)6)18-14-16-24(13,25)17-15-19-27(22(7,8)9)23(10,11)12/h14-17H,18-19,25H2,1-13H3. The van der Waals surface area contributed by atoms with Crippen LogP contribution in [0.2, 0.25) is 0 Å². The lowest BCUT2D eigenvalue weighted by Crippen LogP contribution is -2.32. The van der Waals surface area contributed by atoms with Crippen LogP contribution in [0.1, 0.15) is 90.0 Å². The topological polar surface area (TPSA) is 26.0 Å². The summed E-state index contributed by atoms with van der Waals surface area (Å²) in [6.45, 7) is 30.6. The van der Waals surface area contributed by atoms with Crippen LogP contribution >= 0.6 is 15.8 Å². The summed E-state index contributed by atoms with van der Waals surface area (Å²) in [6.07, 6.45) is 11.4. The van der Waals surface area contributed by atoms with E-state index in [2.05, 4.69) is 114 Å². The Kier molecular flexibility index (Phi) is 9.51. The van der Waals surface area contributed by atoms with Crippen molar-refractivity contribution in [2.75, 3.05) is 12.3 Å². The van der Waals surface area contributed by atoms with Gasteiger partial charge in [-0.3, -0.25) is 0 Å². The second kappa shape index (κ2) is 9.41. The maximum Gasteiger partial charge on any atom is 0.0496 e. The SMILES string of the molecule is CC(N)(C=CCP(C(C)(C)C)C(C)(C)C)C=CCP(C(C)(C)C)C(C)(C)C. The van der Waals surface area contributed by atoms with Gasteiger partial charge in [-0.15, -0.1) is 0 Å². The molecule has 160 valence electrons. The molecular weight excluding hydrogens is 364 g/mol. The monoisotopic (exact) mass is 413 g/mol. The van der Waals surface area contributed by atoms with Gasteiger partial charge < -0.3 is 5.73 Å². The molecule has 0 aliphatic heterocycles. The van der Waals surface area contributed by atoms with Crippen LogP contribution in [0.5, 0.6) is 0 Å². The molecule has 27 heavy (non-hydrogen) atoms. The Balaban J connectivity index is 5.12. The minimum absolute atomic E-state index is 0.113. The average Bonchev–Trinajstić information content (AvgIpc) is 2.33. The van der Waals surface area contributed by atoms with Gasteiger partial charge in [0.15, 0.2) is 0 Å². The minimum Gasteiger partial charge on any atom is -0.319 e. The van der Waals surface area contributed by atoms with E-state index in [0.717, 1.165) is 12.3 Å². The van der Waals surface area contributed by atoms with Crippen molar-refractivity contribution < 1.29 is 0 Å². The molecule has 0 amide bonds. The Labute approximate surface area is 174 Å². The summed E-state index contributed by atoms with van der Waals surface area (Å²) in [5.74, 6) is 0. The second-order valence-electron chi connectivity index (χ2n) is 12.1. The van der Waals surface area contributed by atoms with E-state index in [1.54, 1.807) is 0 Å². The van der Waals surface area contributed by atoms with Crippen LogP contribution in [0, 0.1) is 0 Å². The van der Waals surface area contributed by atoms with Crippen LogP contribution in [0.3, 0.4) is 0 Å². The Hall–Kier alpha value is 0.300. The molecule has 2 N–H and O–H groups in total. The third-order valence-electron chi connectivity index (χ3n) is 4.77. The van der Waals surface area contributed by atoms with Crippen molar-refractivity contribution in [1.29, 1.82) is 0 Å². The molecule has 0 rings (SSSR count). The average molecular weight is 414 g/mol. The molecule has 0 saturated heterocycles. The molecule has 0 atom stereocenters. The smallest absolute Gasteiger partial charge is 0.0496 e. The largest absolute Gasteiger partial charge is 0.319 e. The summed E-state index contributed by atoms with van der Waals surface area (Å²) in [5.41, 5.74) is 6.20. The number of hydrogen-bond donors (Lipinski definition) is 1. The summed E-state index contributed by atoms with van der Waals surface area (Å²) in [4.78, 5) is 0. The van der Waals surface area contributed by atoms with Gasteiger partial charge in [0.25, 0.3) is 0 Å². The van der Waals surface area contributed by atoms with Crippen molar-refractivity contribution in [2.45, 2.75) is 116 Å². The fourth-order valence-corrected chi connectivity index (χ4v) is 10.8. The molecule has 0 heterocycles. The van der Waals surface area contributed by atoms with E-state index in [1.165, 1.54) is 0 Å². The minimum atomic E-state index is -0.368. The number of nitrogens with two attached hydrogens (primary N) is 1. The van der Waals surface area contributed by atoms with E-state index < -0.39 is 0 Å². The fourth-order valence-electron chi connectivity index (χ4n) is 3.99. The fraction of sp³-hybridized carbons (Fsp3) is 0.833. The van der Waals surface area contributed by atoms with Crippen molar-refractivity contribution in [3.63, 3.8) is 0 Å². The molecule has 1 nitrogen and oxygen atoms in total. The van der Waals surface area contributed by atoms with E-state index in [-0.39, 0.29) is 21.4 Å². The molecule has 0 saturated carbocycles. The zero-order chi connectivity index (χ0) is 21.9. The van der Waals surface area contributed by atoms with Crippen molar-refractivity contribution in [3.05, 3.63) is 24.3 Å². The first kappa shape index (κ1) is 27.3. The van der Waals surface area contributed by atoms with E-state index in [0.29, 0.717) is 20.6 Å². The van der Waals surface area contributed by atoms with Gasteiger partial charge in [-0.1, -0.05) is 123 Å². The predicted molar refractivity (Wildman–Crippen MR) is 133 cm³/mol. The lowest BCUT2D eigenvalue weighted by molar-refractivity contribution is 0.704. The Morgan fingerprint density at radius 3 is 0.926 bits per heavy atom.